The summed E-state index contributed by atoms with van der Waals surface area (Å²) in [5.74, 6) is -0.615. The Hall–Kier alpha value is -4.52. The van der Waals surface area contributed by atoms with E-state index in [9.17, 15) is 9.59 Å². The molecule has 33 heavy (non-hydrogen) atoms. The van der Waals surface area contributed by atoms with Crippen molar-refractivity contribution in [2.45, 2.75) is 0 Å². The lowest BCUT2D eigenvalue weighted by atomic mass is 9.95. The minimum Gasteiger partial charge on any atom is -0.378 e. The van der Waals surface area contributed by atoms with E-state index in [0.29, 0.717) is 16.8 Å². The Bertz CT molecular complexity index is 1330. The van der Waals surface area contributed by atoms with Crippen molar-refractivity contribution in [1.29, 1.82) is 0 Å². The molecule has 164 valence electrons. The molecule has 0 spiro atoms. The molecule has 0 aliphatic rings. The molecule has 0 atom stereocenters. The number of aromatic amines is 1. The summed E-state index contributed by atoms with van der Waals surface area (Å²) >= 11 is 0. The van der Waals surface area contributed by atoms with E-state index in [1.807, 2.05) is 104 Å². The fraction of sp³-hybridized carbons (Fsp3) is 0.0769. The molecule has 0 unspecified atom stereocenters. The highest BCUT2D eigenvalue weighted by Gasteiger charge is 2.22. The van der Waals surface area contributed by atoms with Crippen LogP contribution >= 0.6 is 0 Å². The molecule has 0 saturated carbocycles. The first-order valence-corrected chi connectivity index (χ1v) is 10.4. The quantitative estimate of drug-likeness (QED) is 0.353. The van der Waals surface area contributed by atoms with Gasteiger partial charge < -0.3 is 4.90 Å². The fourth-order valence-electron chi connectivity index (χ4n) is 3.44. The van der Waals surface area contributed by atoms with Gasteiger partial charge in [0.25, 0.3) is 11.5 Å². The lowest BCUT2D eigenvalue weighted by molar-refractivity contribution is 0.0954. The predicted molar refractivity (Wildman–Crippen MR) is 132 cm³/mol. The molecule has 0 fully saturated rings. The molecule has 0 bridgehead atoms. The third kappa shape index (κ3) is 4.88. The Morgan fingerprint density at radius 2 is 1.52 bits per heavy atom. The first kappa shape index (κ1) is 21.7. The van der Waals surface area contributed by atoms with Gasteiger partial charge in [0.05, 0.1) is 11.9 Å². The Kier molecular flexibility index (Phi) is 6.40. The number of carbonyl (C=O) groups excluding carboxylic acids is 1. The average molecular weight is 438 g/mol. The van der Waals surface area contributed by atoms with Gasteiger partial charge in [-0.2, -0.15) is 10.2 Å². The van der Waals surface area contributed by atoms with E-state index in [4.69, 9.17) is 0 Å². The van der Waals surface area contributed by atoms with Crippen LogP contribution in [0.25, 0.3) is 22.4 Å². The van der Waals surface area contributed by atoms with E-state index >= 15 is 0 Å². The second-order valence-corrected chi connectivity index (χ2v) is 7.57. The summed E-state index contributed by atoms with van der Waals surface area (Å²) in [5.41, 5.74) is 6.18. The van der Waals surface area contributed by atoms with Crippen molar-refractivity contribution >= 4 is 17.8 Å². The van der Waals surface area contributed by atoms with E-state index in [1.165, 1.54) is 6.21 Å². The van der Waals surface area contributed by atoms with E-state index in [0.717, 1.165) is 16.8 Å². The lowest BCUT2D eigenvalue weighted by Gasteiger charge is -2.13. The highest BCUT2D eigenvalue weighted by Crippen LogP contribution is 2.31. The van der Waals surface area contributed by atoms with Crippen molar-refractivity contribution in [1.82, 2.24) is 15.6 Å². The Labute approximate surface area is 191 Å². The van der Waals surface area contributed by atoms with Crippen LogP contribution in [0.2, 0.25) is 0 Å². The third-order valence-corrected chi connectivity index (χ3v) is 5.11. The topological polar surface area (TPSA) is 90.4 Å². The number of hydrazone groups is 1. The molecule has 1 amide bonds. The smallest absolute Gasteiger partial charge is 0.277 e. The maximum Gasteiger partial charge on any atom is 0.277 e. The van der Waals surface area contributed by atoms with Crippen molar-refractivity contribution in [3.63, 3.8) is 0 Å². The van der Waals surface area contributed by atoms with E-state index in [1.54, 1.807) is 0 Å². The Balaban J connectivity index is 1.70. The fourth-order valence-corrected chi connectivity index (χ4v) is 3.44. The number of nitrogens with one attached hydrogen (secondary N) is 2. The van der Waals surface area contributed by atoms with E-state index in [2.05, 4.69) is 20.7 Å². The molecule has 0 saturated heterocycles. The van der Waals surface area contributed by atoms with Crippen LogP contribution in [0.1, 0.15) is 15.9 Å². The molecule has 4 aromatic rings. The average Bonchev–Trinajstić information content (AvgIpc) is 2.85. The maximum atomic E-state index is 13.1. The third-order valence-electron chi connectivity index (χ3n) is 5.11. The molecule has 7 heteroatoms. The van der Waals surface area contributed by atoms with Crippen LogP contribution in [0.5, 0.6) is 0 Å². The minimum absolute atomic E-state index is 0.0461. The van der Waals surface area contributed by atoms with Crippen LogP contribution < -0.4 is 15.9 Å². The van der Waals surface area contributed by atoms with Crippen molar-refractivity contribution in [3.8, 4) is 22.4 Å². The first-order valence-electron chi connectivity index (χ1n) is 10.4. The van der Waals surface area contributed by atoms with Crippen molar-refractivity contribution < 1.29 is 4.79 Å². The van der Waals surface area contributed by atoms with Gasteiger partial charge >= 0.3 is 0 Å². The van der Waals surface area contributed by atoms with Gasteiger partial charge in [0, 0.05) is 30.9 Å². The lowest BCUT2D eigenvalue weighted by Crippen LogP contribution is -2.28. The number of nitrogens with zero attached hydrogens (tertiary/aromatic N) is 3. The highest BCUT2D eigenvalue weighted by molar-refractivity contribution is 6.03. The zero-order chi connectivity index (χ0) is 23.2. The zero-order valence-electron chi connectivity index (χ0n) is 18.3. The summed E-state index contributed by atoms with van der Waals surface area (Å²) in [7, 11) is 3.92. The molecular formula is C26H23N5O2. The van der Waals surface area contributed by atoms with Gasteiger partial charge in [-0.25, -0.2) is 10.5 Å². The summed E-state index contributed by atoms with van der Waals surface area (Å²) < 4.78 is 0. The molecule has 3 aromatic carbocycles. The van der Waals surface area contributed by atoms with Crippen molar-refractivity contribution in [3.05, 3.63) is 106 Å². The number of anilines is 1. The molecule has 1 aromatic heterocycles. The molecule has 4 rings (SSSR count). The molecule has 0 aliphatic heterocycles. The van der Waals surface area contributed by atoms with Crippen LogP contribution in [0.4, 0.5) is 5.69 Å². The van der Waals surface area contributed by atoms with Crippen LogP contribution in [-0.4, -0.2) is 36.4 Å². The van der Waals surface area contributed by atoms with Crippen molar-refractivity contribution in [2.24, 2.45) is 5.10 Å². The first-order chi connectivity index (χ1) is 16.0. The maximum absolute atomic E-state index is 13.1. The number of rotatable bonds is 6. The molecule has 0 aliphatic carbocycles. The largest absolute Gasteiger partial charge is 0.378 e. The summed E-state index contributed by atoms with van der Waals surface area (Å²) in [6, 6.07) is 26.4. The molecule has 2 N–H and O–H groups in total. The standard InChI is InChI=1S/C26H23N5O2/c1-31(2)21-15-13-18(14-16-21)17-27-29-25(32)23-22(19-9-5-3-6-10-19)24(28-30-26(23)33)20-11-7-4-8-12-20/h3-17H,1-2H3,(H,29,32)(H,30,33). The van der Waals surface area contributed by atoms with E-state index in [-0.39, 0.29) is 5.56 Å². The normalized spacial score (nSPS) is 10.8. The predicted octanol–water partition coefficient (Wildman–Crippen LogP) is 3.93. The summed E-state index contributed by atoms with van der Waals surface area (Å²) in [4.78, 5) is 27.8. The number of aromatic nitrogens is 2. The summed E-state index contributed by atoms with van der Waals surface area (Å²) in [6.45, 7) is 0. The second kappa shape index (κ2) is 9.74. The van der Waals surface area contributed by atoms with Gasteiger partial charge in [0.15, 0.2) is 0 Å². The van der Waals surface area contributed by atoms with Crippen LogP contribution in [0, 0.1) is 0 Å². The van der Waals surface area contributed by atoms with Gasteiger partial charge in [0.2, 0.25) is 0 Å². The molecule has 0 radical (unpaired) electrons. The van der Waals surface area contributed by atoms with Gasteiger partial charge in [-0.15, -0.1) is 0 Å². The number of H-pyrrole nitrogens is 1. The monoisotopic (exact) mass is 437 g/mol. The molecular weight excluding hydrogens is 414 g/mol. The minimum atomic E-state index is -0.615. The Morgan fingerprint density at radius 3 is 2.12 bits per heavy atom. The number of amides is 1. The Morgan fingerprint density at radius 1 is 0.909 bits per heavy atom. The van der Waals surface area contributed by atoms with E-state index < -0.39 is 11.5 Å². The summed E-state index contributed by atoms with van der Waals surface area (Å²) in [6.07, 6.45) is 1.53. The number of hydrogen-bond donors (Lipinski definition) is 2. The van der Waals surface area contributed by atoms with Gasteiger partial charge in [-0.3, -0.25) is 9.59 Å². The zero-order valence-corrected chi connectivity index (χ0v) is 18.3. The number of hydrogen-bond acceptors (Lipinski definition) is 5. The highest BCUT2D eigenvalue weighted by atomic mass is 16.2. The summed E-state index contributed by atoms with van der Waals surface area (Å²) in [5, 5.41) is 10.8. The number of carbonyl (C=O) groups is 1. The van der Waals surface area contributed by atoms with Gasteiger partial charge in [0.1, 0.15) is 5.56 Å². The van der Waals surface area contributed by atoms with Crippen LogP contribution in [0.3, 0.4) is 0 Å². The molecule has 7 nitrogen and oxygen atoms in total. The van der Waals surface area contributed by atoms with Crippen molar-refractivity contribution in [2.75, 3.05) is 19.0 Å². The number of benzene rings is 3. The van der Waals surface area contributed by atoms with Crippen LogP contribution in [-0.2, 0) is 0 Å². The van der Waals surface area contributed by atoms with Crippen LogP contribution in [0.15, 0.2) is 94.8 Å². The molecule has 1 heterocycles. The SMILES string of the molecule is CN(C)c1ccc(C=NNC(=O)c2c(-c3ccccc3)c(-c3ccccc3)n[nH]c2=O)cc1. The van der Waals surface area contributed by atoms with Gasteiger partial charge in [-0.1, -0.05) is 72.8 Å². The second-order valence-electron chi connectivity index (χ2n) is 7.57. The van der Waals surface area contributed by atoms with Gasteiger partial charge in [-0.05, 0) is 23.3 Å².